The van der Waals surface area contributed by atoms with Gasteiger partial charge in [-0.15, -0.1) is 0 Å². The van der Waals surface area contributed by atoms with Gasteiger partial charge in [0.2, 0.25) is 0 Å². The molecule has 0 atom stereocenters. The summed E-state index contributed by atoms with van der Waals surface area (Å²) in [5, 5.41) is 3.33. The molecule has 0 bridgehead atoms. The third-order valence-corrected chi connectivity index (χ3v) is 2.88. The van der Waals surface area contributed by atoms with E-state index >= 15 is 0 Å². The molecule has 1 aromatic rings. The number of nitrogens with zero attached hydrogens (tertiary/aromatic N) is 1. The van der Waals surface area contributed by atoms with Crippen LogP contribution < -0.4 is 5.32 Å². The number of nitrogens with one attached hydrogen (secondary N) is 1. The summed E-state index contributed by atoms with van der Waals surface area (Å²) in [5.74, 6) is 0. The molecule has 0 unspecified atom stereocenters. The molecule has 0 saturated heterocycles. The van der Waals surface area contributed by atoms with Gasteiger partial charge in [-0.05, 0) is 42.7 Å². The van der Waals surface area contributed by atoms with E-state index in [4.69, 9.17) is 0 Å². The quantitative estimate of drug-likeness (QED) is 0.779. The Hall–Kier alpha value is -1.28. The predicted molar refractivity (Wildman–Crippen MR) is 65.6 cm³/mol. The smallest absolute Gasteiger partial charge is 0.0434 e. The Labute approximate surface area is 91.3 Å². The Balaban J connectivity index is 2.33. The number of hydrogen-bond acceptors (Lipinski definition) is 1. The highest BCUT2D eigenvalue weighted by atomic mass is 14.9. The first kappa shape index (κ1) is 10.2. The van der Waals surface area contributed by atoms with Crippen LogP contribution >= 0.6 is 0 Å². The molecule has 2 heterocycles. The molecule has 1 aliphatic rings. The Kier molecular flexibility index (Phi) is 2.78. The second-order valence-corrected chi connectivity index (χ2v) is 4.19. The standard InChI is InChI=1S/C13H18N2/c1-10(2)13-8-12(9-15(13)3)11-4-6-14-7-5-11/h4,8-9,14H,1,5-7H2,2-3H3. The SMILES string of the molecule is C=C(C)c1cc(C2=CCNCC2)cn1C. The number of rotatable bonds is 2. The van der Waals surface area contributed by atoms with Crippen molar-refractivity contribution in [1.29, 1.82) is 0 Å². The van der Waals surface area contributed by atoms with Crippen LogP contribution in [0, 0.1) is 0 Å². The largest absolute Gasteiger partial charge is 0.350 e. The van der Waals surface area contributed by atoms with E-state index < -0.39 is 0 Å². The van der Waals surface area contributed by atoms with Crippen LogP contribution in [0.4, 0.5) is 0 Å². The average Bonchev–Trinajstić information content (AvgIpc) is 2.62. The van der Waals surface area contributed by atoms with E-state index in [1.54, 1.807) is 0 Å². The topological polar surface area (TPSA) is 17.0 Å². The van der Waals surface area contributed by atoms with Crippen LogP contribution in [0.15, 0.2) is 24.9 Å². The van der Waals surface area contributed by atoms with Crippen LogP contribution in [0.1, 0.15) is 24.6 Å². The minimum atomic E-state index is 0.993. The highest BCUT2D eigenvalue weighted by Crippen LogP contribution is 2.24. The van der Waals surface area contributed by atoms with Gasteiger partial charge in [0.25, 0.3) is 0 Å². The minimum absolute atomic E-state index is 0.993. The van der Waals surface area contributed by atoms with Gasteiger partial charge >= 0.3 is 0 Å². The first-order valence-corrected chi connectivity index (χ1v) is 5.41. The monoisotopic (exact) mass is 202 g/mol. The zero-order valence-electron chi connectivity index (χ0n) is 9.51. The van der Waals surface area contributed by atoms with Crippen molar-refractivity contribution >= 4 is 11.1 Å². The highest BCUT2D eigenvalue weighted by Gasteiger charge is 2.09. The van der Waals surface area contributed by atoms with Gasteiger partial charge in [0.05, 0.1) is 0 Å². The minimum Gasteiger partial charge on any atom is -0.350 e. The summed E-state index contributed by atoms with van der Waals surface area (Å²) in [5.41, 5.74) is 5.15. The molecule has 1 N–H and O–H groups in total. The molecule has 1 aromatic heterocycles. The number of hydrogen-bond donors (Lipinski definition) is 1. The molecule has 0 radical (unpaired) electrons. The zero-order valence-corrected chi connectivity index (χ0v) is 9.51. The summed E-state index contributed by atoms with van der Waals surface area (Å²) in [4.78, 5) is 0. The second-order valence-electron chi connectivity index (χ2n) is 4.19. The fraction of sp³-hybridized carbons (Fsp3) is 0.385. The molecular formula is C13H18N2. The lowest BCUT2D eigenvalue weighted by atomic mass is 10.0. The normalized spacial score (nSPS) is 16.3. The Bertz CT molecular complexity index is 410. The second kappa shape index (κ2) is 4.07. The van der Waals surface area contributed by atoms with Crippen molar-refractivity contribution in [3.63, 3.8) is 0 Å². The summed E-state index contributed by atoms with van der Waals surface area (Å²) < 4.78 is 2.15. The van der Waals surface area contributed by atoms with Crippen LogP contribution in [0.5, 0.6) is 0 Å². The van der Waals surface area contributed by atoms with Crippen LogP contribution in [-0.2, 0) is 7.05 Å². The third kappa shape index (κ3) is 2.05. The molecule has 0 amide bonds. The van der Waals surface area contributed by atoms with Crippen molar-refractivity contribution in [3.05, 3.63) is 36.2 Å². The fourth-order valence-corrected chi connectivity index (χ4v) is 2.05. The van der Waals surface area contributed by atoms with Crippen LogP contribution in [0.3, 0.4) is 0 Å². The third-order valence-electron chi connectivity index (χ3n) is 2.88. The van der Waals surface area contributed by atoms with Gasteiger partial charge < -0.3 is 9.88 Å². The number of aromatic nitrogens is 1. The molecular weight excluding hydrogens is 184 g/mol. The van der Waals surface area contributed by atoms with E-state index in [9.17, 15) is 0 Å². The number of aryl methyl sites for hydroxylation is 1. The molecule has 0 spiro atoms. The fourth-order valence-electron chi connectivity index (χ4n) is 2.05. The molecule has 2 rings (SSSR count). The van der Waals surface area contributed by atoms with Gasteiger partial charge in [0.15, 0.2) is 0 Å². The molecule has 80 valence electrons. The summed E-state index contributed by atoms with van der Waals surface area (Å²) in [6.45, 7) is 8.12. The Morgan fingerprint density at radius 2 is 2.33 bits per heavy atom. The molecule has 2 nitrogen and oxygen atoms in total. The van der Waals surface area contributed by atoms with Crippen LogP contribution in [0.2, 0.25) is 0 Å². The summed E-state index contributed by atoms with van der Waals surface area (Å²) >= 11 is 0. The van der Waals surface area contributed by atoms with E-state index in [0.717, 1.165) is 25.1 Å². The van der Waals surface area contributed by atoms with Crippen molar-refractivity contribution in [1.82, 2.24) is 9.88 Å². The van der Waals surface area contributed by atoms with Gasteiger partial charge in [0.1, 0.15) is 0 Å². The van der Waals surface area contributed by atoms with E-state index in [1.807, 2.05) is 0 Å². The van der Waals surface area contributed by atoms with Crippen molar-refractivity contribution in [2.45, 2.75) is 13.3 Å². The van der Waals surface area contributed by atoms with Gasteiger partial charge in [-0.25, -0.2) is 0 Å². The summed E-state index contributed by atoms with van der Waals surface area (Å²) in [6, 6.07) is 2.24. The molecule has 0 fully saturated rings. The lowest BCUT2D eigenvalue weighted by molar-refractivity contribution is 0.738. The molecule has 0 saturated carbocycles. The Morgan fingerprint density at radius 3 is 2.87 bits per heavy atom. The molecule has 15 heavy (non-hydrogen) atoms. The average molecular weight is 202 g/mol. The van der Waals surface area contributed by atoms with Gasteiger partial charge in [-0.1, -0.05) is 12.7 Å². The molecule has 0 aliphatic carbocycles. The van der Waals surface area contributed by atoms with Crippen molar-refractivity contribution < 1.29 is 0 Å². The molecule has 0 aromatic carbocycles. The van der Waals surface area contributed by atoms with Crippen LogP contribution in [0.25, 0.3) is 11.1 Å². The van der Waals surface area contributed by atoms with Gasteiger partial charge in [-0.3, -0.25) is 0 Å². The maximum absolute atomic E-state index is 3.99. The molecule has 2 heteroatoms. The van der Waals surface area contributed by atoms with Crippen molar-refractivity contribution in [3.8, 4) is 0 Å². The van der Waals surface area contributed by atoms with Crippen molar-refractivity contribution in [2.75, 3.05) is 13.1 Å². The Morgan fingerprint density at radius 1 is 1.53 bits per heavy atom. The maximum Gasteiger partial charge on any atom is 0.0434 e. The van der Waals surface area contributed by atoms with Gasteiger partial charge in [0, 0.05) is 25.5 Å². The molecule has 1 aliphatic heterocycles. The van der Waals surface area contributed by atoms with Gasteiger partial charge in [-0.2, -0.15) is 0 Å². The van der Waals surface area contributed by atoms with Crippen molar-refractivity contribution in [2.24, 2.45) is 7.05 Å². The summed E-state index contributed by atoms with van der Waals surface area (Å²) in [6.07, 6.45) is 5.60. The van der Waals surface area contributed by atoms with E-state index in [0.29, 0.717) is 0 Å². The zero-order chi connectivity index (χ0) is 10.8. The lowest BCUT2D eigenvalue weighted by Crippen LogP contribution is -2.19. The predicted octanol–water partition coefficient (Wildman–Crippen LogP) is 2.43. The number of allylic oxidation sites excluding steroid dienone is 1. The van der Waals surface area contributed by atoms with E-state index in [2.05, 4.69) is 48.8 Å². The van der Waals surface area contributed by atoms with Crippen LogP contribution in [-0.4, -0.2) is 17.7 Å². The van der Waals surface area contributed by atoms with E-state index in [1.165, 1.54) is 16.8 Å². The first-order chi connectivity index (χ1) is 7.18. The highest BCUT2D eigenvalue weighted by molar-refractivity contribution is 5.71. The lowest BCUT2D eigenvalue weighted by Gasteiger charge is -2.12. The van der Waals surface area contributed by atoms with E-state index in [-0.39, 0.29) is 0 Å². The first-order valence-electron chi connectivity index (χ1n) is 5.41. The maximum atomic E-state index is 3.99. The summed E-state index contributed by atoms with van der Waals surface area (Å²) in [7, 11) is 2.08.